The predicted octanol–water partition coefficient (Wildman–Crippen LogP) is 1.85. The molecular formula is C24H32N4O4. The van der Waals surface area contributed by atoms with E-state index in [0.717, 1.165) is 17.5 Å². The zero-order valence-corrected chi connectivity index (χ0v) is 18.9. The summed E-state index contributed by atoms with van der Waals surface area (Å²) in [7, 11) is 0. The molecule has 8 nitrogen and oxygen atoms in total. The second-order valence-electron chi connectivity index (χ2n) is 9.22. The molecule has 3 saturated heterocycles. The van der Waals surface area contributed by atoms with Crippen LogP contribution in [0.25, 0.3) is 0 Å². The molecule has 172 valence electrons. The zero-order valence-electron chi connectivity index (χ0n) is 18.9. The van der Waals surface area contributed by atoms with Gasteiger partial charge in [0.05, 0.1) is 12.5 Å². The standard InChI is InChI=1S/C24H32N4O4/c1-3-20(29)26-13-10-24(11-14-26)22(31)28(23(32)25-24)19-5-4-12-27(16-19)21(30)15-18-8-6-17(2)7-9-18/h6-9,19H,3-5,10-16H2,1-2H3,(H,25,32)/t19-/m0/s1. The average Bonchev–Trinajstić information content (AvgIpc) is 3.04. The number of benzene rings is 1. The fraction of sp³-hybridized carbons (Fsp3) is 0.583. The lowest BCUT2D eigenvalue weighted by Gasteiger charge is -2.39. The van der Waals surface area contributed by atoms with Gasteiger partial charge in [-0.15, -0.1) is 0 Å². The van der Waals surface area contributed by atoms with Crippen molar-refractivity contribution in [2.24, 2.45) is 0 Å². The first-order valence-corrected chi connectivity index (χ1v) is 11.6. The normalized spacial score (nSPS) is 22.9. The maximum atomic E-state index is 13.4. The van der Waals surface area contributed by atoms with Gasteiger partial charge in [0.2, 0.25) is 11.8 Å². The van der Waals surface area contributed by atoms with E-state index in [0.29, 0.717) is 58.3 Å². The van der Waals surface area contributed by atoms with Crippen molar-refractivity contribution in [3.8, 4) is 0 Å². The average molecular weight is 441 g/mol. The van der Waals surface area contributed by atoms with Crippen LogP contribution in [0.1, 0.15) is 50.2 Å². The van der Waals surface area contributed by atoms with Crippen LogP contribution in [-0.4, -0.2) is 76.2 Å². The van der Waals surface area contributed by atoms with E-state index in [2.05, 4.69) is 5.32 Å². The molecule has 1 aromatic rings. The van der Waals surface area contributed by atoms with E-state index in [1.807, 2.05) is 38.1 Å². The molecule has 4 rings (SSSR count). The number of carbonyl (C=O) groups excluding carboxylic acids is 4. The highest BCUT2D eigenvalue weighted by Crippen LogP contribution is 2.32. The summed E-state index contributed by atoms with van der Waals surface area (Å²) < 4.78 is 0. The van der Waals surface area contributed by atoms with Gasteiger partial charge in [-0.1, -0.05) is 36.8 Å². The number of piperidine rings is 2. The molecule has 0 aromatic heterocycles. The Balaban J connectivity index is 1.40. The maximum absolute atomic E-state index is 13.4. The van der Waals surface area contributed by atoms with Gasteiger partial charge in [0, 0.05) is 32.6 Å². The third-order valence-electron chi connectivity index (χ3n) is 7.06. The van der Waals surface area contributed by atoms with Crippen molar-refractivity contribution in [1.82, 2.24) is 20.0 Å². The minimum absolute atomic E-state index is 0.0201. The molecule has 0 aliphatic carbocycles. The number of amides is 5. The van der Waals surface area contributed by atoms with E-state index < -0.39 is 5.54 Å². The lowest BCUT2D eigenvalue weighted by Crippen LogP contribution is -2.57. The highest BCUT2D eigenvalue weighted by molar-refractivity contribution is 6.07. The molecular weight excluding hydrogens is 408 g/mol. The smallest absolute Gasteiger partial charge is 0.325 e. The minimum atomic E-state index is -0.921. The van der Waals surface area contributed by atoms with Gasteiger partial charge < -0.3 is 15.1 Å². The molecule has 8 heteroatoms. The van der Waals surface area contributed by atoms with Crippen molar-refractivity contribution < 1.29 is 19.2 Å². The number of rotatable bonds is 4. The minimum Gasteiger partial charge on any atom is -0.343 e. The number of urea groups is 1. The van der Waals surface area contributed by atoms with E-state index in [9.17, 15) is 19.2 Å². The fourth-order valence-corrected chi connectivity index (χ4v) is 5.06. The van der Waals surface area contributed by atoms with Crippen LogP contribution in [0.15, 0.2) is 24.3 Å². The summed E-state index contributed by atoms with van der Waals surface area (Å²) in [5.74, 6) is -0.112. The van der Waals surface area contributed by atoms with Crippen molar-refractivity contribution in [2.45, 2.75) is 64.0 Å². The molecule has 0 saturated carbocycles. The van der Waals surface area contributed by atoms with E-state index >= 15 is 0 Å². The number of imide groups is 1. The van der Waals surface area contributed by atoms with Gasteiger partial charge in [0.15, 0.2) is 0 Å². The van der Waals surface area contributed by atoms with Crippen molar-refractivity contribution in [3.05, 3.63) is 35.4 Å². The molecule has 1 spiro atoms. The largest absolute Gasteiger partial charge is 0.343 e. The Kier molecular flexibility index (Phi) is 6.22. The molecule has 1 aromatic carbocycles. The van der Waals surface area contributed by atoms with Crippen molar-refractivity contribution in [3.63, 3.8) is 0 Å². The Labute approximate surface area is 188 Å². The van der Waals surface area contributed by atoms with Crippen LogP contribution in [0.2, 0.25) is 0 Å². The van der Waals surface area contributed by atoms with Gasteiger partial charge in [0.1, 0.15) is 5.54 Å². The van der Waals surface area contributed by atoms with Crippen LogP contribution >= 0.6 is 0 Å². The molecule has 3 aliphatic heterocycles. The molecule has 32 heavy (non-hydrogen) atoms. The van der Waals surface area contributed by atoms with Crippen molar-refractivity contribution in [2.75, 3.05) is 26.2 Å². The van der Waals surface area contributed by atoms with E-state index in [1.165, 1.54) is 4.90 Å². The van der Waals surface area contributed by atoms with Crippen LogP contribution in [-0.2, 0) is 20.8 Å². The fourth-order valence-electron chi connectivity index (χ4n) is 5.06. The van der Waals surface area contributed by atoms with Gasteiger partial charge in [-0.25, -0.2) is 4.79 Å². The Morgan fingerprint density at radius 2 is 1.72 bits per heavy atom. The molecule has 3 fully saturated rings. The predicted molar refractivity (Wildman–Crippen MR) is 119 cm³/mol. The first-order valence-electron chi connectivity index (χ1n) is 11.6. The first-order chi connectivity index (χ1) is 15.3. The number of nitrogens with zero attached hydrogens (tertiary/aromatic N) is 3. The lowest BCUT2D eigenvalue weighted by molar-refractivity contribution is -0.141. The number of likely N-dealkylation sites (tertiary alicyclic amines) is 2. The quantitative estimate of drug-likeness (QED) is 0.724. The van der Waals surface area contributed by atoms with Gasteiger partial charge in [-0.2, -0.15) is 0 Å². The summed E-state index contributed by atoms with van der Waals surface area (Å²) in [6, 6.07) is 7.23. The van der Waals surface area contributed by atoms with Crippen LogP contribution in [0.4, 0.5) is 4.79 Å². The van der Waals surface area contributed by atoms with Gasteiger partial charge in [-0.05, 0) is 38.2 Å². The zero-order chi connectivity index (χ0) is 22.9. The van der Waals surface area contributed by atoms with Gasteiger partial charge in [-0.3, -0.25) is 19.3 Å². The third-order valence-corrected chi connectivity index (χ3v) is 7.06. The summed E-state index contributed by atoms with van der Waals surface area (Å²) in [5.41, 5.74) is 1.19. The highest BCUT2D eigenvalue weighted by atomic mass is 16.2. The number of hydrogen-bond donors (Lipinski definition) is 1. The summed E-state index contributed by atoms with van der Waals surface area (Å²) >= 11 is 0. The molecule has 0 radical (unpaired) electrons. The second kappa shape index (κ2) is 8.92. The molecule has 1 atom stereocenters. The van der Waals surface area contributed by atoms with Crippen LogP contribution in [0.5, 0.6) is 0 Å². The number of aryl methyl sites for hydroxylation is 1. The number of nitrogens with one attached hydrogen (secondary N) is 1. The van der Waals surface area contributed by atoms with E-state index in [-0.39, 0.29) is 29.8 Å². The molecule has 5 amide bonds. The summed E-state index contributed by atoms with van der Waals surface area (Å²) in [4.78, 5) is 56.0. The molecule has 0 unspecified atom stereocenters. The lowest BCUT2D eigenvalue weighted by atomic mass is 9.87. The Hall–Kier alpha value is -2.90. The van der Waals surface area contributed by atoms with Crippen molar-refractivity contribution >= 4 is 23.8 Å². The molecule has 3 heterocycles. The van der Waals surface area contributed by atoms with E-state index in [4.69, 9.17) is 0 Å². The topological polar surface area (TPSA) is 90.0 Å². The maximum Gasteiger partial charge on any atom is 0.325 e. The Morgan fingerprint density at radius 3 is 2.38 bits per heavy atom. The summed E-state index contributed by atoms with van der Waals surface area (Å²) in [6.07, 6.45) is 3.08. The molecule has 3 aliphatic rings. The highest BCUT2D eigenvalue weighted by Gasteiger charge is 2.54. The van der Waals surface area contributed by atoms with Gasteiger partial charge >= 0.3 is 6.03 Å². The van der Waals surface area contributed by atoms with Gasteiger partial charge in [0.25, 0.3) is 5.91 Å². The number of hydrogen-bond acceptors (Lipinski definition) is 4. The van der Waals surface area contributed by atoms with Crippen LogP contribution < -0.4 is 5.32 Å². The Bertz CT molecular complexity index is 905. The number of carbonyl (C=O) groups is 4. The summed E-state index contributed by atoms with van der Waals surface area (Å²) in [5, 5.41) is 2.93. The molecule has 1 N–H and O–H groups in total. The Morgan fingerprint density at radius 1 is 1.03 bits per heavy atom. The molecule has 0 bridgehead atoms. The monoisotopic (exact) mass is 440 g/mol. The van der Waals surface area contributed by atoms with E-state index in [1.54, 1.807) is 9.80 Å². The van der Waals surface area contributed by atoms with Crippen LogP contribution in [0.3, 0.4) is 0 Å². The van der Waals surface area contributed by atoms with Crippen LogP contribution in [0, 0.1) is 6.92 Å². The first kappa shape index (κ1) is 22.3. The van der Waals surface area contributed by atoms with Crippen molar-refractivity contribution in [1.29, 1.82) is 0 Å². The second-order valence-corrected chi connectivity index (χ2v) is 9.22. The third kappa shape index (κ3) is 4.23. The SMILES string of the molecule is CCC(=O)N1CCC2(CC1)NC(=O)N([C@H]1CCCN(C(=O)Cc3ccc(C)cc3)C1)C2=O. The summed E-state index contributed by atoms with van der Waals surface area (Å²) in [6.45, 7) is 5.80.